The van der Waals surface area contributed by atoms with Crippen molar-refractivity contribution in [3.05, 3.63) is 29.8 Å². The van der Waals surface area contributed by atoms with Gasteiger partial charge in [0, 0.05) is 32.2 Å². The molecule has 1 saturated heterocycles. The van der Waals surface area contributed by atoms with E-state index in [4.69, 9.17) is 5.73 Å². The fraction of sp³-hybridized carbons (Fsp3) is 0.526. The van der Waals surface area contributed by atoms with Crippen LogP contribution in [-0.2, 0) is 4.79 Å². The molecule has 0 saturated carbocycles. The second kappa shape index (κ2) is 11.1. The van der Waals surface area contributed by atoms with Gasteiger partial charge in [-0.05, 0) is 31.9 Å². The summed E-state index contributed by atoms with van der Waals surface area (Å²) in [4.78, 5) is 29.6. The van der Waals surface area contributed by atoms with Gasteiger partial charge in [0.1, 0.15) is 5.75 Å². The summed E-state index contributed by atoms with van der Waals surface area (Å²) in [6.45, 7) is 5.43. The van der Waals surface area contributed by atoms with Crippen molar-refractivity contribution >= 4 is 17.8 Å². The number of benzene rings is 1. The number of rotatable bonds is 8. The van der Waals surface area contributed by atoms with Gasteiger partial charge in [-0.2, -0.15) is 0 Å². The Morgan fingerprint density at radius 1 is 1.25 bits per heavy atom. The number of piperidine rings is 1. The highest BCUT2D eigenvalue weighted by molar-refractivity contribution is 5.96. The molecule has 1 aliphatic heterocycles. The molecular weight excluding hydrogens is 360 g/mol. The summed E-state index contributed by atoms with van der Waals surface area (Å²) in [6.07, 6.45) is 1.81. The lowest BCUT2D eigenvalue weighted by Crippen LogP contribution is -2.50. The third-order valence-electron chi connectivity index (χ3n) is 4.47. The molecule has 1 fully saturated rings. The summed E-state index contributed by atoms with van der Waals surface area (Å²) in [7, 11) is 0. The summed E-state index contributed by atoms with van der Waals surface area (Å²) in [6, 6.07) is 6.70. The van der Waals surface area contributed by atoms with Crippen LogP contribution >= 0.6 is 0 Å². The van der Waals surface area contributed by atoms with Gasteiger partial charge in [0.05, 0.1) is 18.7 Å². The number of hydrogen-bond donors (Lipinski definition) is 5. The van der Waals surface area contributed by atoms with E-state index in [-0.39, 0.29) is 29.2 Å². The van der Waals surface area contributed by atoms with E-state index < -0.39 is 0 Å². The second-order valence-corrected chi connectivity index (χ2v) is 6.69. The number of nitrogens with two attached hydrogens (primary N) is 1. The Morgan fingerprint density at radius 2 is 1.96 bits per heavy atom. The number of phenols is 1. The van der Waals surface area contributed by atoms with Gasteiger partial charge in [-0.15, -0.1) is 0 Å². The molecule has 6 N–H and O–H groups in total. The fourth-order valence-electron chi connectivity index (χ4n) is 3.07. The molecule has 0 bridgehead atoms. The molecule has 0 unspecified atom stereocenters. The fourth-order valence-corrected chi connectivity index (χ4v) is 3.07. The van der Waals surface area contributed by atoms with Crippen molar-refractivity contribution < 1.29 is 14.7 Å². The third-order valence-corrected chi connectivity index (χ3v) is 4.47. The van der Waals surface area contributed by atoms with Gasteiger partial charge in [0.2, 0.25) is 5.91 Å². The lowest BCUT2D eigenvalue weighted by molar-refractivity contribution is -0.119. The van der Waals surface area contributed by atoms with Crippen molar-refractivity contribution in [2.24, 2.45) is 10.7 Å². The highest BCUT2D eigenvalue weighted by Gasteiger charge is 2.20. The first-order valence-corrected chi connectivity index (χ1v) is 9.61. The van der Waals surface area contributed by atoms with Crippen LogP contribution in [0.25, 0.3) is 0 Å². The first kappa shape index (κ1) is 21.5. The zero-order valence-electron chi connectivity index (χ0n) is 16.3. The molecule has 0 radical (unpaired) electrons. The molecule has 9 heteroatoms. The topological polar surface area (TPSA) is 132 Å². The number of nitrogens with one attached hydrogen (secondary N) is 3. The van der Waals surface area contributed by atoms with E-state index in [0.29, 0.717) is 25.6 Å². The van der Waals surface area contributed by atoms with Crippen LogP contribution in [0.3, 0.4) is 0 Å². The predicted molar refractivity (Wildman–Crippen MR) is 108 cm³/mol. The van der Waals surface area contributed by atoms with E-state index >= 15 is 0 Å². The number of likely N-dealkylation sites (tertiary alicyclic amines) is 1. The SMILES string of the molecule is CCNC(=NCCNC(=O)c1ccccc1O)NC1CCN(CC(N)=O)CC1. The van der Waals surface area contributed by atoms with Crippen LogP contribution in [-0.4, -0.2) is 73.1 Å². The third kappa shape index (κ3) is 7.07. The number of nitrogens with zero attached hydrogens (tertiary/aromatic N) is 2. The number of guanidine groups is 1. The van der Waals surface area contributed by atoms with Crippen molar-refractivity contribution in [3.8, 4) is 5.75 Å². The number of amides is 2. The Kier molecular flexibility index (Phi) is 8.54. The molecule has 2 rings (SSSR count). The van der Waals surface area contributed by atoms with Crippen molar-refractivity contribution in [2.45, 2.75) is 25.8 Å². The van der Waals surface area contributed by atoms with Gasteiger partial charge in [-0.1, -0.05) is 12.1 Å². The second-order valence-electron chi connectivity index (χ2n) is 6.69. The number of carbonyl (C=O) groups is 2. The van der Waals surface area contributed by atoms with Gasteiger partial charge in [-0.25, -0.2) is 0 Å². The lowest BCUT2D eigenvalue weighted by atomic mass is 10.1. The van der Waals surface area contributed by atoms with Gasteiger partial charge < -0.3 is 26.8 Å². The van der Waals surface area contributed by atoms with Crippen molar-refractivity contribution in [1.29, 1.82) is 0 Å². The number of carbonyl (C=O) groups excluding carboxylic acids is 2. The molecule has 0 atom stereocenters. The van der Waals surface area contributed by atoms with Crippen LogP contribution < -0.4 is 21.7 Å². The normalized spacial score (nSPS) is 15.8. The smallest absolute Gasteiger partial charge is 0.255 e. The molecule has 1 aliphatic rings. The standard InChI is InChI=1S/C19H30N6O3/c1-2-21-19(24-14-7-11-25(12-8-14)13-17(20)27)23-10-9-22-18(28)15-5-3-4-6-16(15)26/h3-6,14,26H,2,7-13H2,1H3,(H2,20,27)(H,22,28)(H2,21,23,24). The zero-order valence-corrected chi connectivity index (χ0v) is 16.3. The summed E-state index contributed by atoms with van der Waals surface area (Å²) >= 11 is 0. The maximum absolute atomic E-state index is 12.1. The van der Waals surface area contributed by atoms with Gasteiger partial charge in [0.15, 0.2) is 5.96 Å². The number of hydrogen-bond acceptors (Lipinski definition) is 5. The van der Waals surface area contributed by atoms with E-state index in [0.717, 1.165) is 32.5 Å². The minimum Gasteiger partial charge on any atom is -0.507 e. The Morgan fingerprint density at radius 3 is 2.61 bits per heavy atom. The summed E-state index contributed by atoms with van der Waals surface area (Å²) < 4.78 is 0. The van der Waals surface area contributed by atoms with Crippen LogP contribution in [0.5, 0.6) is 5.75 Å². The van der Waals surface area contributed by atoms with E-state index in [9.17, 15) is 14.7 Å². The summed E-state index contributed by atoms with van der Waals surface area (Å²) in [5, 5.41) is 19.1. The molecule has 154 valence electrons. The number of primary amides is 1. The number of aliphatic imine (C=N–C) groups is 1. The molecule has 1 heterocycles. The van der Waals surface area contributed by atoms with Crippen LogP contribution in [0, 0.1) is 0 Å². The van der Waals surface area contributed by atoms with Crippen molar-refractivity contribution in [2.75, 3.05) is 39.3 Å². The van der Waals surface area contributed by atoms with Crippen molar-refractivity contribution in [3.63, 3.8) is 0 Å². The van der Waals surface area contributed by atoms with Crippen LogP contribution in [0.1, 0.15) is 30.1 Å². The number of aromatic hydroxyl groups is 1. The van der Waals surface area contributed by atoms with Gasteiger partial charge in [-0.3, -0.25) is 19.5 Å². The van der Waals surface area contributed by atoms with Crippen LogP contribution in [0.2, 0.25) is 0 Å². The van der Waals surface area contributed by atoms with Crippen LogP contribution in [0.15, 0.2) is 29.3 Å². The minimum atomic E-state index is -0.326. The van der Waals surface area contributed by atoms with Crippen molar-refractivity contribution in [1.82, 2.24) is 20.9 Å². The van der Waals surface area contributed by atoms with Crippen LogP contribution in [0.4, 0.5) is 0 Å². The quantitative estimate of drug-likeness (QED) is 0.234. The van der Waals surface area contributed by atoms with E-state index in [1.165, 1.54) is 6.07 Å². The molecule has 1 aromatic rings. The summed E-state index contributed by atoms with van der Waals surface area (Å²) in [5.74, 6) is 0.0362. The molecule has 0 spiro atoms. The Balaban J connectivity index is 1.77. The summed E-state index contributed by atoms with van der Waals surface area (Å²) in [5.41, 5.74) is 5.49. The highest BCUT2D eigenvalue weighted by Crippen LogP contribution is 2.14. The molecule has 28 heavy (non-hydrogen) atoms. The molecule has 0 aliphatic carbocycles. The number of para-hydroxylation sites is 1. The first-order valence-electron chi connectivity index (χ1n) is 9.61. The Hall–Kier alpha value is -2.81. The predicted octanol–water partition coefficient (Wildman–Crippen LogP) is -0.373. The largest absolute Gasteiger partial charge is 0.507 e. The lowest BCUT2D eigenvalue weighted by Gasteiger charge is -2.32. The van der Waals surface area contributed by atoms with Gasteiger partial charge in [0.25, 0.3) is 5.91 Å². The molecule has 1 aromatic carbocycles. The average molecular weight is 390 g/mol. The molecular formula is C19H30N6O3. The van der Waals surface area contributed by atoms with E-state index in [2.05, 4.69) is 25.8 Å². The Labute approximate surface area is 165 Å². The maximum Gasteiger partial charge on any atom is 0.255 e. The zero-order chi connectivity index (χ0) is 20.4. The Bertz CT molecular complexity index is 686. The average Bonchev–Trinajstić information content (AvgIpc) is 2.66. The molecule has 2 amide bonds. The van der Waals surface area contributed by atoms with E-state index in [1.807, 2.05) is 6.92 Å². The molecule has 0 aromatic heterocycles. The first-order chi connectivity index (χ1) is 13.5. The number of phenolic OH excluding ortho intramolecular Hbond substituents is 1. The maximum atomic E-state index is 12.1. The van der Waals surface area contributed by atoms with Gasteiger partial charge >= 0.3 is 0 Å². The monoisotopic (exact) mass is 390 g/mol. The molecule has 9 nitrogen and oxygen atoms in total. The minimum absolute atomic E-state index is 0.0406. The van der Waals surface area contributed by atoms with E-state index in [1.54, 1.807) is 18.2 Å². The highest BCUT2D eigenvalue weighted by atomic mass is 16.3.